The molecule has 1 aliphatic carbocycles. The summed E-state index contributed by atoms with van der Waals surface area (Å²) in [6.45, 7) is 5.27. The second-order valence-corrected chi connectivity index (χ2v) is 5.20. The molecule has 0 aliphatic heterocycles. The maximum Gasteiger partial charge on any atom is 0.144 e. The molecule has 1 aliphatic rings. The summed E-state index contributed by atoms with van der Waals surface area (Å²) in [6, 6.07) is 4.29. The molecule has 0 fully saturated rings. The smallest absolute Gasteiger partial charge is 0.144 e. The molecular formula is C15H21N3. The molecule has 1 aromatic rings. The lowest BCUT2D eigenvalue weighted by atomic mass is 9.95. The second-order valence-electron chi connectivity index (χ2n) is 5.20. The molecule has 1 atom stereocenters. The van der Waals surface area contributed by atoms with Crippen molar-refractivity contribution in [1.82, 2.24) is 4.98 Å². The first-order valence-corrected chi connectivity index (χ1v) is 6.91. The zero-order valence-corrected chi connectivity index (χ0v) is 11.3. The summed E-state index contributed by atoms with van der Waals surface area (Å²) in [4.78, 5) is 4.66. The molecule has 0 radical (unpaired) electrons. The number of nitrogens with zero attached hydrogens (tertiary/aromatic N) is 2. The van der Waals surface area contributed by atoms with E-state index in [0.29, 0.717) is 11.5 Å². The Morgan fingerprint density at radius 2 is 2.22 bits per heavy atom. The molecule has 3 nitrogen and oxygen atoms in total. The van der Waals surface area contributed by atoms with Gasteiger partial charge in [-0.15, -0.1) is 0 Å². The molecular weight excluding hydrogens is 222 g/mol. The Hall–Kier alpha value is -1.56. The van der Waals surface area contributed by atoms with Gasteiger partial charge in [-0.05, 0) is 43.2 Å². The molecule has 96 valence electrons. The minimum Gasteiger partial charge on any atom is -0.369 e. The summed E-state index contributed by atoms with van der Waals surface area (Å²) >= 11 is 0. The van der Waals surface area contributed by atoms with Gasteiger partial charge in [0.05, 0.1) is 5.56 Å². The quantitative estimate of drug-likeness (QED) is 0.882. The predicted octanol–water partition coefficient (Wildman–Crippen LogP) is 3.29. The molecule has 2 rings (SSSR count). The average molecular weight is 243 g/mol. The number of hydrogen-bond acceptors (Lipinski definition) is 3. The van der Waals surface area contributed by atoms with E-state index in [1.165, 1.54) is 24.1 Å². The maximum atomic E-state index is 9.21. The van der Waals surface area contributed by atoms with Crippen LogP contribution in [0, 0.1) is 17.2 Å². The van der Waals surface area contributed by atoms with Gasteiger partial charge >= 0.3 is 0 Å². The summed E-state index contributed by atoms with van der Waals surface area (Å²) in [5.74, 6) is 1.38. The zero-order valence-electron chi connectivity index (χ0n) is 11.3. The number of aromatic nitrogens is 1. The highest BCUT2D eigenvalue weighted by Gasteiger charge is 2.15. The standard InChI is InChI=1S/C15H21N3/c1-3-11(2)10-17-15-13(9-16)8-12-6-4-5-7-14(12)18-15/h8,11H,3-7,10H2,1-2H3,(H,17,18). The van der Waals surface area contributed by atoms with Gasteiger partial charge in [0.2, 0.25) is 0 Å². The fraction of sp³-hybridized carbons (Fsp3) is 0.600. The highest BCUT2D eigenvalue weighted by molar-refractivity contribution is 5.54. The van der Waals surface area contributed by atoms with E-state index in [2.05, 4.69) is 30.2 Å². The fourth-order valence-corrected chi connectivity index (χ4v) is 2.27. The highest BCUT2D eigenvalue weighted by Crippen LogP contribution is 2.24. The summed E-state index contributed by atoms with van der Waals surface area (Å²) in [6.07, 6.45) is 5.71. The van der Waals surface area contributed by atoms with Crippen LogP contribution in [0.1, 0.15) is 49.9 Å². The number of fused-ring (bicyclic) bond motifs is 1. The molecule has 1 heterocycles. The third-order valence-electron chi connectivity index (χ3n) is 3.74. The van der Waals surface area contributed by atoms with Crippen LogP contribution in [0.5, 0.6) is 0 Å². The highest BCUT2D eigenvalue weighted by atomic mass is 15.0. The first-order valence-electron chi connectivity index (χ1n) is 6.91. The van der Waals surface area contributed by atoms with Crippen LogP contribution < -0.4 is 5.32 Å². The van der Waals surface area contributed by atoms with Gasteiger partial charge in [0, 0.05) is 12.2 Å². The lowest BCUT2D eigenvalue weighted by Crippen LogP contribution is -2.15. The molecule has 0 bridgehead atoms. The van der Waals surface area contributed by atoms with Crippen LogP contribution in [0.2, 0.25) is 0 Å². The topological polar surface area (TPSA) is 48.7 Å². The predicted molar refractivity (Wildman–Crippen MR) is 73.5 cm³/mol. The lowest BCUT2D eigenvalue weighted by molar-refractivity contribution is 0.591. The Morgan fingerprint density at radius 3 is 2.94 bits per heavy atom. The Morgan fingerprint density at radius 1 is 1.44 bits per heavy atom. The van der Waals surface area contributed by atoms with Crippen LogP contribution in [0.4, 0.5) is 5.82 Å². The average Bonchev–Trinajstić information content (AvgIpc) is 2.43. The Balaban J connectivity index is 2.20. The van der Waals surface area contributed by atoms with E-state index in [9.17, 15) is 5.26 Å². The summed E-state index contributed by atoms with van der Waals surface area (Å²) < 4.78 is 0. The number of aryl methyl sites for hydroxylation is 2. The number of nitrogens with one attached hydrogen (secondary N) is 1. The normalized spacial score (nSPS) is 15.6. The van der Waals surface area contributed by atoms with Crippen molar-refractivity contribution in [2.45, 2.75) is 46.0 Å². The van der Waals surface area contributed by atoms with E-state index >= 15 is 0 Å². The Bertz CT molecular complexity index is 460. The van der Waals surface area contributed by atoms with Crippen LogP contribution in [0.25, 0.3) is 0 Å². The molecule has 1 unspecified atom stereocenters. The van der Waals surface area contributed by atoms with Gasteiger partial charge in [0.1, 0.15) is 11.9 Å². The molecule has 0 spiro atoms. The SMILES string of the molecule is CCC(C)CNc1nc2c(cc1C#N)CCCC2. The van der Waals surface area contributed by atoms with Crippen molar-refractivity contribution >= 4 is 5.82 Å². The first kappa shape index (κ1) is 12.9. The van der Waals surface area contributed by atoms with Gasteiger partial charge in [-0.3, -0.25) is 0 Å². The lowest BCUT2D eigenvalue weighted by Gasteiger charge is -2.18. The molecule has 0 amide bonds. The van der Waals surface area contributed by atoms with E-state index in [1.807, 2.05) is 6.07 Å². The van der Waals surface area contributed by atoms with E-state index in [-0.39, 0.29) is 0 Å². The monoisotopic (exact) mass is 243 g/mol. The van der Waals surface area contributed by atoms with Crippen molar-refractivity contribution in [2.24, 2.45) is 5.92 Å². The van der Waals surface area contributed by atoms with Crippen molar-refractivity contribution in [3.63, 3.8) is 0 Å². The molecule has 1 aromatic heterocycles. The van der Waals surface area contributed by atoms with Crippen LogP contribution in [-0.2, 0) is 12.8 Å². The fourth-order valence-electron chi connectivity index (χ4n) is 2.27. The second kappa shape index (κ2) is 5.86. The summed E-state index contributed by atoms with van der Waals surface area (Å²) in [5.41, 5.74) is 3.15. The number of rotatable bonds is 4. The van der Waals surface area contributed by atoms with Crippen molar-refractivity contribution < 1.29 is 0 Å². The van der Waals surface area contributed by atoms with E-state index in [4.69, 9.17) is 0 Å². The maximum absolute atomic E-state index is 9.21. The van der Waals surface area contributed by atoms with Crippen LogP contribution in [-0.4, -0.2) is 11.5 Å². The third kappa shape index (κ3) is 2.81. The molecule has 0 saturated heterocycles. The van der Waals surface area contributed by atoms with E-state index in [0.717, 1.165) is 31.6 Å². The van der Waals surface area contributed by atoms with Gasteiger partial charge in [0.15, 0.2) is 0 Å². The van der Waals surface area contributed by atoms with Gasteiger partial charge in [-0.25, -0.2) is 4.98 Å². The van der Waals surface area contributed by atoms with E-state index in [1.54, 1.807) is 0 Å². The molecule has 18 heavy (non-hydrogen) atoms. The van der Waals surface area contributed by atoms with Crippen LogP contribution in [0.15, 0.2) is 6.07 Å². The van der Waals surface area contributed by atoms with Crippen LogP contribution >= 0.6 is 0 Å². The molecule has 3 heteroatoms. The van der Waals surface area contributed by atoms with Crippen molar-refractivity contribution in [2.75, 3.05) is 11.9 Å². The van der Waals surface area contributed by atoms with Crippen LogP contribution in [0.3, 0.4) is 0 Å². The Kier molecular flexibility index (Phi) is 4.19. The summed E-state index contributed by atoms with van der Waals surface area (Å²) in [7, 11) is 0. The van der Waals surface area contributed by atoms with Crippen molar-refractivity contribution in [1.29, 1.82) is 5.26 Å². The number of hydrogen-bond donors (Lipinski definition) is 1. The number of pyridine rings is 1. The molecule has 0 saturated carbocycles. The van der Waals surface area contributed by atoms with E-state index < -0.39 is 0 Å². The summed E-state index contributed by atoms with van der Waals surface area (Å²) in [5, 5.41) is 12.5. The van der Waals surface area contributed by atoms with Gasteiger partial charge < -0.3 is 5.32 Å². The van der Waals surface area contributed by atoms with Crippen molar-refractivity contribution in [3.8, 4) is 6.07 Å². The first-order chi connectivity index (χ1) is 8.74. The molecule has 1 N–H and O–H groups in total. The Labute approximate surface area is 109 Å². The minimum absolute atomic E-state index is 0.606. The van der Waals surface area contributed by atoms with Gasteiger partial charge in [-0.1, -0.05) is 20.3 Å². The zero-order chi connectivity index (χ0) is 13.0. The number of nitriles is 1. The third-order valence-corrected chi connectivity index (χ3v) is 3.74. The minimum atomic E-state index is 0.606. The van der Waals surface area contributed by atoms with Gasteiger partial charge in [-0.2, -0.15) is 5.26 Å². The number of anilines is 1. The molecule has 0 aromatic carbocycles. The van der Waals surface area contributed by atoms with Gasteiger partial charge in [0.25, 0.3) is 0 Å². The van der Waals surface area contributed by atoms with Crippen molar-refractivity contribution in [3.05, 3.63) is 22.9 Å². The largest absolute Gasteiger partial charge is 0.369 e.